The minimum Gasteiger partial charge on any atom is -1.00 e. The van der Waals surface area contributed by atoms with Crippen LogP contribution in [0.5, 0.6) is 0 Å². The van der Waals surface area contributed by atoms with E-state index in [2.05, 4.69) is 4.29 Å². The van der Waals surface area contributed by atoms with Crippen molar-refractivity contribution >= 4 is 34.9 Å². The van der Waals surface area contributed by atoms with Gasteiger partial charge in [0.15, 0.2) is 0 Å². The summed E-state index contributed by atoms with van der Waals surface area (Å²) < 4.78 is 4.16. The molecule has 0 spiro atoms. The molecular formula is C3H9ClMgO. The summed E-state index contributed by atoms with van der Waals surface area (Å²) in [6.07, 6.45) is 0.990. The van der Waals surface area contributed by atoms with Gasteiger partial charge < -0.3 is 2.85 Å². The van der Waals surface area contributed by atoms with Crippen LogP contribution in [0, 0.1) is 0 Å². The van der Waals surface area contributed by atoms with E-state index >= 15 is 0 Å². The first-order valence-corrected chi connectivity index (χ1v) is 1.96. The molecule has 0 amide bonds. The van der Waals surface area contributed by atoms with E-state index in [1.807, 2.05) is 6.92 Å². The van der Waals surface area contributed by atoms with Gasteiger partial charge in [-0.25, -0.2) is 0 Å². The minimum atomic E-state index is 0. The molecule has 0 aromatic carbocycles. The maximum atomic E-state index is 4.80. The van der Waals surface area contributed by atoms with E-state index in [4.69, 9.17) is 11.9 Å². The Morgan fingerprint density at radius 1 is 1.83 bits per heavy atom. The van der Waals surface area contributed by atoms with E-state index in [1.165, 1.54) is 0 Å². The van der Waals surface area contributed by atoms with Crippen molar-refractivity contribution in [2.45, 2.75) is 13.3 Å². The maximum absolute atomic E-state index is 4.80. The van der Waals surface area contributed by atoms with E-state index in [0.29, 0.717) is 6.61 Å². The molecule has 0 aromatic rings. The Morgan fingerprint density at radius 2 is 2.33 bits per heavy atom. The van der Waals surface area contributed by atoms with Crippen LogP contribution in [-0.2, 0) is 4.29 Å². The summed E-state index contributed by atoms with van der Waals surface area (Å²) in [6.45, 7) is 2.66. The van der Waals surface area contributed by atoms with Gasteiger partial charge in [-0.2, -0.15) is 0 Å². The first kappa shape index (κ1) is 10.1. The molecule has 0 heterocycles. The average molecular weight is 121 g/mol. The molecule has 0 atom stereocenters. The number of hydrogen-bond donors (Lipinski definition) is 0. The largest absolute Gasteiger partial charge is 2.00 e. The van der Waals surface area contributed by atoms with Crippen molar-refractivity contribution in [3.05, 3.63) is 0 Å². The van der Waals surface area contributed by atoms with Crippen LogP contribution in [0.15, 0.2) is 0 Å². The molecule has 0 N–H and O–H groups in total. The standard InChI is InChI=1S/C3H7ClO.Mg.2H/c1-2-3-5-4;;;/h2-3H2,1H3;;;/q;+2;2*-1. The van der Waals surface area contributed by atoms with E-state index in [0.717, 1.165) is 6.42 Å². The van der Waals surface area contributed by atoms with Gasteiger partial charge in [-0.3, -0.25) is 4.29 Å². The van der Waals surface area contributed by atoms with Crippen molar-refractivity contribution in [1.82, 2.24) is 0 Å². The zero-order valence-electron chi connectivity index (χ0n) is 5.91. The van der Waals surface area contributed by atoms with Gasteiger partial charge in [-0.1, -0.05) is 6.92 Å². The smallest absolute Gasteiger partial charge is 1.00 e. The fourth-order valence-corrected chi connectivity index (χ4v) is 0.231. The Balaban J connectivity index is -0.0000000267. The van der Waals surface area contributed by atoms with Crippen LogP contribution in [0.4, 0.5) is 0 Å². The average Bonchev–Trinajstić information content (AvgIpc) is 1.41. The normalized spacial score (nSPS) is 7.00. The molecular weight excluding hydrogens is 112 g/mol. The molecule has 0 fully saturated rings. The molecule has 0 rings (SSSR count). The fraction of sp³-hybridized carbons (Fsp3) is 1.00. The molecule has 0 aliphatic carbocycles. The van der Waals surface area contributed by atoms with Crippen molar-refractivity contribution in [1.29, 1.82) is 0 Å². The quantitative estimate of drug-likeness (QED) is 0.501. The fourth-order valence-electron chi connectivity index (χ4n) is 0.0772. The summed E-state index contributed by atoms with van der Waals surface area (Å²) in [5.41, 5.74) is 0. The molecule has 0 radical (unpaired) electrons. The Hall–Kier alpha value is 1.02. The van der Waals surface area contributed by atoms with Crippen molar-refractivity contribution < 1.29 is 7.14 Å². The predicted molar refractivity (Wildman–Crippen MR) is 30.1 cm³/mol. The third-order valence-electron chi connectivity index (χ3n) is 0.281. The predicted octanol–water partition coefficient (Wildman–Crippen LogP) is 1.41. The monoisotopic (exact) mass is 120 g/mol. The molecule has 36 valence electrons. The van der Waals surface area contributed by atoms with Crippen LogP contribution in [0.25, 0.3) is 0 Å². The zero-order chi connectivity index (χ0) is 4.12. The molecule has 1 nitrogen and oxygen atoms in total. The van der Waals surface area contributed by atoms with E-state index in [9.17, 15) is 0 Å². The van der Waals surface area contributed by atoms with Gasteiger partial charge in [0, 0.05) is 0 Å². The third kappa shape index (κ3) is 8.89. The second-order valence-corrected chi connectivity index (χ2v) is 1.03. The number of halogens is 1. The van der Waals surface area contributed by atoms with Crippen molar-refractivity contribution in [2.75, 3.05) is 6.61 Å². The number of hydrogen-bond acceptors (Lipinski definition) is 1. The van der Waals surface area contributed by atoms with Crippen molar-refractivity contribution in [2.24, 2.45) is 0 Å². The van der Waals surface area contributed by atoms with Crippen LogP contribution in [0.1, 0.15) is 16.2 Å². The Morgan fingerprint density at radius 3 is 2.33 bits per heavy atom. The van der Waals surface area contributed by atoms with E-state index in [-0.39, 0.29) is 25.9 Å². The van der Waals surface area contributed by atoms with Crippen molar-refractivity contribution in [3.8, 4) is 0 Å². The molecule has 0 saturated carbocycles. The summed E-state index contributed by atoms with van der Waals surface area (Å²) in [7, 11) is 0. The van der Waals surface area contributed by atoms with Gasteiger partial charge in [0.25, 0.3) is 0 Å². The summed E-state index contributed by atoms with van der Waals surface area (Å²) in [4.78, 5) is 0. The van der Waals surface area contributed by atoms with Gasteiger partial charge in [0.1, 0.15) is 0 Å². The minimum absolute atomic E-state index is 0. The maximum Gasteiger partial charge on any atom is 2.00 e. The molecule has 0 aromatic heterocycles. The topological polar surface area (TPSA) is 9.23 Å². The molecule has 0 bridgehead atoms. The molecule has 0 aliphatic heterocycles. The second-order valence-electron chi connectivity index (χ2n) is 0.813. The van der Waals surface area contributed by atoms with Crippen LogP contribution < -0.4 is 0 Å². The molecule has 0 unspecified atom stereocenters. The van der Waals surface area contributed by atoms with Crippen LogP contribution in [0.2, 0.25) is 0 Å². The van der Waals surface area contributed by atoms with Crippen LogP contribution in [0.3, 0.4) is 0 Å². The number of rotatable bonds is 2. The van der Waals surface area contributed by atoms with Gasteiger partial charge in [-0.05, 0) is 6.42 Å². The molecule has 0 aliphatic rings. The summed E-state index contributed by atoms with van der Waals surface area (Å²) in [6, 6.07) is 0. The van der Waals surface area contributed by atoms with Crippen molar-refractivity contribution in [3.63, 3.8) is 0 Å². The molecule has 3 heteroatoms. The second kappa shape index (κ2) is 9.39. The van der Waals surface area contributed by atoms with Crippen LogP contribution in [-0.4, -0.2) is 29.7 Å². The Kier molecular flexibility index (Phi) is 15.8. The first-order valence-electron chi connectivity index (χ1n) is 1.65. The van der Waals surface area contributed by atoms with Gasteiger partial charge in [0.2, 0.25) is 0 Å². The summed E-state index contributed by atoms with van der Waals surface area (Å²) in [5, 5.41) is 0. The summed E-state index contributed by atoms with van der Waals surface area (Å²) >= 11 is 4.80. The van der Waals surface area contributed by atoms with Gasteiger partial charge in [0.05, 0.1) is 18.5 Å². The van der Waals surface area contributed by atoms with Gasteiger partial charge >= 0.3 is 23.1 Å². The molecule has 0 saturated heterocycles. The Bertz CT molecular complexity index is 24.8. The van der Waals surface area contributed by atoms with E-state index in [1.54, 1.807) is 0 Å². The summed E-state index contributed by atoms with van der Waals surface area (Å²) in [5.74, 6) is 0. The van der Waals surface area contributed by atoms with E-state index < -0.39 is 0 Å². The first-order chi connectivity index (χ1) is 2.41. The van der Waals surface area contributed by atoms with Gasteiger partial charge in [-0.15, -0.1) is 0 Å². The molecule has 6 heavy (non-hydrogen) atoms. The SMILES string of the molecule is CCCOCl.[H-].[H-].[Mg+2]. The third-order valence-corrected chi connectivity index (χ3v) is 0.436. The zero-order valence-corrected chi connectivity index (χ0v) is 6.08. The Labute approximate surface area is 62.3 Å². The van der Waals surface area contributed by atoms with Crippen LogP contribution >= 0.6 is 11.9 Å².